The Kier molecular flexibility index (Phi) is 6.93. The van der Waals surface area contributed by atoms with E-state index in [2.05, 4.69) is 22.5 Å². The van der Waals surface area contributed by atoms with Crippen LogP contribution in [0.1, 0.15) is 18.9 Å². The molecule has 0 spiro atoms. The highest BCUT2D eigenvalue weighted by Gasteiger charge is 2.02. The predicted molar refractivity (Wildman–Crippen MR) is 71.6 cm³/mol. The number of anilines is 1. The minimum Gasteiger partial charge on any atom is -0.383 e. The topological polar surface area (TPSA) is 46.2 Å². The molecular weight excluding hydrogens is 238 g/mol. The lowest BCUT2D eigenvalue weighted by Gasteiger charge is -2.09. The number of rotatable bonds is 8. The number of nitrogens with zero attached hydrogens (tertiary/aromatic N) is 1. The van der Waals surface area contributed by atoms with E-state index in [-0.39, 0.29) is 0 Å². The first-order valence-corrected chi connectivity index (χ1v) is 6.23. The van der Waals surface area contributed by atoms with Crippen LogP contribution in [0.5, 0.6) is 0 Å². The normalized spacial score (nSPS) is 10.5. The molecule has 1 heterocycles. The molecular formula is C12H20ClN3O. The van der Waals surface area contributed by atoms with Crippen molar-refractivity contribution in [3.63, 3.8) is 0 Å². The molecule has 17 heavy (non-hydrogen) atoms. The maximum Gasteiger partial charge on any atom is 0.144 e. The van der Waals surface area contributed by atoms with Gasteiger partial charge in [0.25, 0.3) is 0 Å². The third kappa shape index (κ3) is 5.35. The number of pyridine rings is 1. The van der Waals surface area contributed by atoms with Crippen LogP contribution in [0, 0.1) is 0 Å². The number of ether oxygens (including phenoxy) is 1. The second-order valence-electron chi connectivity index (χ2n) is 3.77. The fourth-order valence-corrected chi connectivity index (χ4v) is 1.64. The van der Waals surface area contributed by atoms with Gasteiger partial charge in [0, 0.05) is 26.4 Å². The maximum atomic E-state index is 6.13. The minimum absolute atomic E-state index is 0.637. The zero-order chi connectivity index (χ0) is 12.5. The second kappa shape index (κ2) is 8.28. The molecule has 0 saturated heterocycles. The van der Waals surface area contributed by atoms with Crippen molar-refractivity contribution in [3.8, 4) is 0 Å². The monoisotopic (exact) mass is 257 g/mol. The number of nitrogens with one attached hydrogen (secondary N) is 2. The fourth-order valence-electron chi connectivity index (χ4n) is 1.39. The van der Waals surface area contributed by atoms with Crippen LogP contribution in [0.2, 0.25) is 5.02 Å². The molecule has 2 N–H and O–H groups in total. The van der Waals surface area contributed by atoms with E-state index in [9.17, 15) is 0 Å². The Morgan fingerprint density at radius 3 is 2.88 bits per heavy atom. The van der Waals surface area contributed by atoms with Gasteiger partial charge in [0.2, 0.25) is 0 Å². The van der Waals surface area contributed by atoms with E-state index in [4.69, 9.17) is 16.3 Å². The van der Waals surface area contributed by atoms with Crippen LogP contribution in [0.15, 0.2) is 12.3 Å². The summed E-state index contributed by atoms with van der Waals surface area (Å²) < 4.78 is 4.95. The first kappa shape index (κ1) is 14.2. The summed E-state index contributed by atoms with van der Waals surface area (Å²) in [6.07, 6.45) is 2.96. The molecule has 0 atom stereocenters. The Morgan fingerprint density at radius 2 is 2.24 bits per heavy atom. The summed E-state index contributed by atoms with van der Waals surface area (Å²) in [6.45, 7) is 5.29. The van der Waals surface area contributed by atoms with Gasteiger partial charge in [0.05, 0.1) is 11.6 Å². The van der Waals surface area contributed by atoms with Crippen LogP contribution in [0.4, 0.5) is 5.82 Å². The predicted octanol–water partition coefficient (Wildman–Crippen LogP) is 2.29. The molecule has 0 aliphatic rings. The first-order chi connectivity index (χ1) is 8.27. The molecule has 0 aliphatic carbocycles. The highest BCUT2D eigenvalue weighted by molar-refractivity contribution is 6.32. The first-order valence-electron chi connectivity index (χ1n) is 5.86. The highest BCUT2D eigenvalue weighted by atomic mass is 35.5. The summed E-state index contributed by atoms with van der Waals surface area (Å²) in [5.41, 5.74) is 1.10. The largest absolute Gasteiger partial charge is 0.383 e. The highest BCUT2D eigenvalue weighted by Crippen LogP contribution is 2.19. The van der Waals surface area contributed by atoms with Crippen LogP contribution in [-0.4, -0.2) is 31.8 Å². The lowest BCUT2D eigenvalue weighted by atomic mass is 10.2. The zero-order valence-corrected chi connectivity index (χ0v) is 11.2. The summed E-state index contributed by atoms with van der Waals surface area (Å²) in [6, 6.07) is 1.94. The van der Waals surface area contributed by atoms with Crippen molar-refractivity contribution in [3.05, 3.63) is 22.8 Å². The molecule has 0 aromatic carbocycles. The molecule has 0 fully saturated rings. The molecule has 1 rings (SSSR count). The molecule has 1 aromatic rings. The standard InChI is InChI=1S/C12H20ClN3O/c1-3-4-14-8-10-7-11(13)12(16-9-10)15-5-6-17-2/h7,9,14H,3-6,8H2,1-2H3,(H,15,16). The van der Waals surface area contributed by atoms with E-state index >= 15 is 0 Å². The van der Waals surface area contributed by atoms with Gasteiger partial charge >= 0.3 is 0 Å². The van der Waals surface area contributed by atoms with Crippen molar-refractivity contribution in [1.29, 1.82) is 0 Å². The number of methoxy groups -OCH3 is 1. The van der Waals surface area contributed by atoms with E-state index in [0.717, 1.165) is 25.1 Å². The van der Waals surface area contributed by atoms with E-state index in [0.29, 0.717) is 24.0 Å². The van der Waals surface area contributed by atoms with Gasteiger partial charge in [-0.25, -0.2) is 4.98 Å². The van der Waals surface area contributed by atoms with Crippen molar-refractivity contribution < 1.29 is 4.74 Å². The van der Waals surface area contributed by atoms with Gasteiger partial charge in [-0.15, -0.1) is 0 Å². The van der Waals surface area contributed by atoms with E-state index < -0.39 is 0 Å². The van der Waals surface area contributed by atoms with Crippen LogP contribution in [0.25, 0.3) is 0 Å². The lowest BCUT2D eigenvalue weighted by Crippen LogP contribution is -2.14. The molecule has 5 heteroatoms. The van der Waals surface area contributed by atoms with Gasteiger partial charge in [0.15, 0.2) is 0 Å². The molecule has 96 valence electrons. The summed E-state index contributed by atoms with van der Waals surface area (Å²) in [4.78, 5) is 4.29. The van der Waals surface area contributed by atoms with Gasteiger partial charge in [0.1, 0.15) is 5.82 Å². The summed E-state index contributed by atoms with van der Waals surface area (Å²) in [5, 5.41) is 7.08. The van der Waals surface area contributed by atoms with Gasteiger partial charge in [-0.3, -0.25) is 0 Å². The van der Waals surface area contributed by atoms with Crippen molar-refractivity contribution >= 4 is 17.4 Å². The Balaban J connectivity index is 2.47. The summed E-state index contributed by atoms with van der Waals surface area (Å²) in [5.74, 6) is 0.711. The van der Waals surface area contributed by atoms with Crippen molar-refractivity contribution in [1.82, 2.24) is 10.3 Å². The van der Waals surface area contributed by atoms with Crippen LogP contribution >= 0.6 is 11.6 Å². The molecule has 0 aliphatic heterocycles. The van der Waals surface area contributed by atoms with Crippen molar-refractivity contribution in [2.45, 2.75) is 19.9 Å². The van der Waals surface area contributed by atoms with Crippen molar-refractivity contribution in [2.24, 2.45) is 0 Å². The van der Waals surface area contributed by atoms with Crippen LogP contribution in [-0.2, 0) is 11.3 Å². The molecule has 1 aromatic heterocycles. The zero-order valence-electron chi connectivity index (χ0n) is 10.4. The average Bonchev–Trinajstić information content (AvgIpc) is 2.32. The van der Waals surface area contributed by atoms with E-state index in [1.54, 1.807) is 7.11 Å². The molecule has 0 radical (unpaired) electrons. The SMILES string of the molecule is CCCNCc1cnc(NCCOC)c(Cl)c1. The summed E-state index contributed by atoms with van der Waals surface area (Å²) >= 11 is 6.13. The molecule has 0 unspecified atom stereocenters. The van der Waals surface area contributed by atoms with Gasteiger partial charge < -0.3 is 15.4 Å². The van der Waals surface area contributed by atoms with Gasteiger partial charge in [-0.1, -0.05) is 18.5 Å². The average molecular weight is 258 g/mol. The van der Waals surface area contributed by atoms with Crippen molar-refractivity contribution in [2.75, 3.05) is 32.1 Å². The van der Waals surface area contributed by atoms with Gasteiger partial charge in [-0.2, -0.15) is 0 Å². The number of hydrogen-bond donors (Lipinski definition) is 2. The molecule has 0 amide bonds. The third-order valence-electron chi connectivity index (χ3n) is 2.25. The van der Waals surface area contributed by atoms with E-state index in [1.807, 2.05) is 12.3 Å². The number of aromatic nitrogens is 1. The number of halogens is 1. The molecule has 0 bridgehead atoms. The third-order valence-corrected chi connectivity index (χ3v) is 2.54. The molecule has 0 saturated carbocycles. The maximum absolute atomic E-state index is 6.13. The van der Waals surface area contributed by atoms with Crippen LogP contribution < -0.4 is 10.6 Å². The quantitative estimate of drug-likeness (QED) is 0.702. The van der Waals surface area contributed by atoms with E-state index in [1.165, 1.54) is 0 Å². The fraction of sp³-hybridized carbons (Fsp3) is 0.583. The Labute approximate surface area is 108 Å². The minimum atomic E-state index is 0.637. The smallest absolute Gasteiger partial charge is 0.144 e. The Hall–Kier alpha value is -0.840. The second-order valence-corrected chi connectivity index (χ2v) is 4.18. The molecule has 4 nitrogen and oxygen atoms in total. The lowest BCUT2D eigenvalue weighted by molar-refractivity contribution is 0.210. The Morgan fingerprint density at radius 1 is 1.41 bits per heavy atom. The summed E-state index contributed by atoms with van der Waals surface area (Å²) in [7, 11) is 1.67. The van der Waals surface area contributed by atoms with Crippen LogP contribution in [0.3, 0.4) is 0 Å². The Bertz CT molecular complexity index is 334. The number of hydrogen-bond acceptors (Lipinski definition) is 4. The van der Waals surface area contributed by atoms with Gasteiger partial charge in [-0.05, 0) is 24.6 Å².